The van der Waals surface area contributed by atoms with E-state index >= 15 is 0 Å². The fourth-order valence-corrected chi connectivity index (χ4v) is 2.41. The predicted octanol–water partition coefficient (Wildman–Crippen LogP) is 3.01. The van der Waals surface area contributed by atoms with E-state index in [-0.39, 0.29) is 6.67 Å². The zero-order valence-corrected chi connectivity index (χ0v) is 9.95. The fourth-order valence-electron chi connectivity index (χ4n) is 2.41. The number of nitrogens with zero attached hydrogens (tertiary/aromatic N) is 1. The van der Waals surface area contributed by atoms with Crippen molar-refractivity contribution in [3.63, 3.8) is 0 Å². The number of hydrogen-bond acceptors (Lipinski definition) is 1. The van der Waals surface area contributed by atoms with Gasteiger partial charge in [-0.25, -0.2) is 0 Å². The van der Waals surface area contributed by atoms with E-state index in [1.165, 1.54) is 31.5 Å². The van der Waals surface area contributed by atoms with Crippen molar-refractivity contribution in [1.29, 1.82) is 0 Å². The van der Waals surface area contributed by atoms with Crippen molar-refractivity contribution in [3.8, 4) is 0 Å². The first-order valence-electron chi connectivity index (χ1n) is 6.13. The zero-order valence-electron chi connectivity index (χ0n) is 9.95. The highest BCUT2D eigenvalue weighted by atomic mass is 19.1. The highest BCUT2D eigenvalue weighted by Crippen LogP contribution is 2.27. The molecule has 0 aliphatic carbocycles. The van der Waals surface area contributed by atoms with Crippen molar-refractivity contribution in [1.82, 2.24) is 4.90 Å². The van der Waals surface area contributed by atoms with E-state index in [2.05, 4.69) is 36.2 Å². The van der Waals surface area contributed by atoms with Gasteiger partial charge in [0.15, 0.2) is 0 Å². The Hall–Kier alpha value is -0.890. The molecule has 1 heterocycles. The van der Waals surface area contributed by atoms with Crippen LogP contribution in [0.4, 0.5) is 4.39 Å². The van der Waals surface area contributed by atoms with Gasteiger partial charge in [0.1, 0.15) is 0 Å². The molecule has 0 N–H and O–H groups in total. The van der Waals surface area contributed by atoms with Crippen LogP contribution in [-0.4, -0.2) is 31.7 Å². The summed E-state index contributed by atoms with van der Waals surface area (Å²) < 4.78 is 12.2. The summed E-state index contributed by atoms with van der Waals surface area (Å²) in [6.45, 7) is 2.13. The first kappa shape index (κ1) is 11.6. The number of hydrogen-bond donors (Lipinski definition) is 0. The molecule has 1 aliphatic heterocycles. The summed E-state index contributed by atoms with van der Waals surface area (Å²) in [4.78, 5) is 2.38. The Morgan fingerprint density at radius 2 is 1.81 bits per heavy atom. The van der Waals surface area contributed by atoms with Crippen molar-refractivity contribution < 1.29 is 4.39 Å². The molecule has 1 aromatic rings. The molecule has 1 nitrogen and oxygen atoms in total. The van der Waals surface area contributed by atoms with Crippen molar-refractivity contribution in [2.24, 2.45) is 0 Å². The summed E-state index contributed by atoms with van der Waals surface area (Å²) in [6, 6.07) is 8.52. The monoisotopic (exact) mass is 221 g/mol. The smallest absolute Gasteiger partial charge is 0.0934 e. The average Bonchev–Trinajstić information content (AvgIpc) is 2.32. The Morgan fingerprint density at radius 3 is 2.38 bits per heavy atom. The molecular weight excluding hydrogens is 201 g/mol. The van der Waals surface area contributed by atoms with Gasteiger partial charge in [-0.3, -0.25) is 4.39 Å². The fraction of sp³-hybridized carbons (Fsp3) is 0.571. The van der Waals surface area contributed by atoms with Crippen LogP contribution in [0.1, 0.15) is 29.9 Å². The van der Waals surface area contributed by atoms with Crippen molar-refractivity contribution in [3.05, 3.63) is 35.4 Å². The van der Waals surface area contributed by atoms with Crippen LogP contribution < -0.4 is 0 Å². The molecule has 0 atom stereocenters. The second-order valence-electron chi connectivity index (χ2n) is 4.76. The molecule has 1 aromatic carbocycles. The molecule has 16 heavy (non-hydrogen) atoms. The van der Waals surface area contributed by atoms with E-state index in [9.17, 15) is 4.39 Å². The quantitative estimate of drug-likeness (QED) is 0.758. The standard InChI is InChI=1S/C14H20FN/c1-16-10-7-14(8-11-16)13-4-2-12(3-5-13)6-9-15/h2-5,14H,6-11H2,1H3. The van der Waals surface area contributed by atoms with Gasteiger partial charge < -0.3 is 4.90 Å². The normalized spacial score (nSPS) is 18.9. The molecule has 1 saturated heterocycles. The minimum absolute atomic E-state index is 0.256. The van der Waals surface area contributed by atoms with Crippen LogP contribution in [-0.2, 0) is 6.42 Å². The van der Waals surface area contributed by atoms with E-state index < -0.39 is 0 Å². The lowest BCUT2D eigenvalue weighted by molar-refractivity contribution is 0.255. The SMILES string of the molecule is CN1CCC(c2ccc(CCF)cc2)CC1. The van der Waals surface area contributed by atoms with Crippen LogP contribution in [0.5, 0.6) is 0 Å². The Kier molecular flexibility index (Phi) is 3.94. The Bertz CT molecular complexity index is 312. The first-order chi connectivity index (χ1) is 7.79. The molecule has 2 rings (SSSR count). The number of halogens is 1. The first-order valence-corrected chi connectivity index (χ1v) is 6.13. The number of alkyl halides is 1. The lowest BCUT2D eigenvalue weighted by Gasteiger charge is -2.29. The lowest BCUT2D eigenvalue weighted by Crippen LogP contribution is -2.29. The molecule has 2 heteroatoms. The summed E-state index contributed by atoms with van der Waals surface area (Å²) in [5, 5.41) is 0. The molecule has 1 fully saturated rings. The van der Waals surface area contributed by atoms with Gasteiger partial charge >= 0.3 is 0 Å². The van der Waals surface area contributed by atoms with Gasteiger partial charge in [-0.1, -0.05) is 24.3 Å². The molecule has 0 spiro atoms. The van der Waals surface area contributed by atoms with E-state index in [1.54, 1.807) is 0 Å². The van der Waals surface area contributed by atoms with Gasteiger partial charge in [0.05, 0.1) is 6.67 Å². The largest absolute Gasteiger partial charge is 0.306 e. The molecule has 1 aliphatic rings. The molecule has 88 valence electrons. The topological polar surface area (TPSA) is 3.24 Å². The third-order valence-electron chi connectivity index (χ3n) is 3.55. The van der Waals surface area contributed by atoms with Crippen LogP contribution in [0.15, 0.2) is 24.3 Å². The summed E-state index contributed by atoms with van der Waals surface area (Å²) in [5.74, 6) is 0.704. The molecule has 0 aromatic heterocycles. The summed E-state index contributed by atoms with van der Waals surface area (Å²) in [7, 11) is 2.18. The molecular formula is C14H20FN. The summed E-state index contributed by atoms with van der Waals surface area (Å²) in [6.07, 6.45) is 3.05. The Labute approximate surface area is 97.3 Å². The van der Waals surface area contributed by atoms with Crippen molar-refractivity contribution >= 4 is 0 Å². The summed E-state index contributed by atoms with van der Waals surface area (Å²) in [5.41, 5.74) is 2.54. The van der Waals surface area contributed by atoms with Crippen LogP contribution in [0, 0.1) is 0 Å². The van der Waals surface area contributed by atoms with Gasteiger partial charge in [-0.15, -0.1) is 0 Å². The highest BCUT2D eigenvalue weighted by Gasteiger charge is 2.17. The number of likely N-dealkylation sites (tertiary alicyclic amines) is 1. The average molecular weight is 221 g/mol. The van der Waals surface area contributed by atoms with Crippen molar-refractivity contribution in [2.45, 2.75) is 25.2 Å². The van der Waals surface area contributed by atoms with Gasteiger partial charge in [0.2, 0.25) is 0 Å². The van der Waals surface area contributed by atoms with E-state index in [1.807, 2.05) is 0 Å². The second-order valence-corrected chi connectivity index (χ2v) is 4.76. The van der Waals surface area contributed by atoms with Gasteiger partial charge in [-0.05, 0) is 50.0 Å². The molecule has 0 amide bonds. The van der Waals surface area contributed by atoms with Crippen LogP contribution in [0.25, 0.3) is 0 Å². The maximum Gasteiger partial charge on any atom is 0.0934 e. The molecule has 0 saturated carbocycles. The number of piperidine rings is 1. The Morgan fingerprint density at radius 1 is 1.19 bits per heavy atom. The third kappa shape index (κ3) is 2.82. The second kappa shape index (κ2) is 5.44. The molecule has 0 unspecified atom stereocenters. The highest BCUT2D eigenvalue weighted by molar-refractivity contribution is 5.26. The van der Waals surface area contributed by atoms with Crippen molar-refractivity contribution in [2.75, 3.05) is 26.8 Å². The maximum absolute atomic E-state index is 12.2. The molecule has 0 radical (unpaired) electrons. The zero-order chi connectivity index (χ0) is 11.4. The third-order valence-corrected chi connectivity index (χ3v) is 3.55. The lowest BCUT2D eigenvalue weighted by atomic mass is 9.89. The van der Waals surface area contributed by atoms with E-state index in [0.717, 1.165) is 5.56 Å². The van der Waals surface area contributed by atoms with Gasteiger partial charge in [0.25, 0.3) is 0 Å². The van der Waals surface area contributed by atoms with Crippen LogP contribution >= 0.6 is 0 Å². The minimum Gasteiger partial charge on any atom is -0.306 e. The molecule has 0 bridgehead atoms. The predicted molar refractivity (Wildman–Crippen MR) is 65.6 cm³/mol. The van der Waals surface area contributed by atoms with Crippen LogP contribution in [0.3, 0.4) is 0 Å². The number of rotatable bonds is 3. The summed E-state index contributed by atoms with van der Waals surface area (Å²) >= 11 is 0. The number of benzene rings is 1. The number of aryl methyl sites for hydroxylation is 1. The van der Waals surface area contributed by atoms with E-state index in [4.69, 9.17) is 0 Å². The minimum atomic E-state index is -0.256. The van der Waals surface area contributed by atoms with Gasteiger partial charge in [-0.2, -0.15) is 0 Å². The maximum atomic E-state index is 12.2. The Balaban J connectivity index is 1.98. The van der Waals surface area contributed by atoms with E-state index in [0.29, 0.717) is 12.3 Å². The van der Waals surface area contributed by atoms with Gasteiger partial charge in [0, 0.05) is 6.42 Å². The van der Waals surface area contributed by atoms with Crippen LogP contribution in [0.2, 0.25) is 0 Å².